The first-order valence-corrected chi connectivity index (χ1v) is 9.40. The molecule has 9 heteroatoms. The monoisotopic (exact) mass is 377 g/mol. The second-order valence-corrected chi connectivity index (χ2v) is 6.65. The molecule has 1 aliphatic heterocycles. The van der Waals surface area contributed by atoms with E-state index in [1.165, 1.54) is 0 Å². The number of aromatic nitrogens is 6. The Morgan fingerprint density at radius 2 is 1.71 bits per heavy atom. The zero-order valence-corrected chi connectivity index (χ0v) is 16.1. The Bertz CT molecular complexity index is 924. The Morgan fingerprint density at radius 3 is 2.46 bits per heavy atom. The molecule has 0 atom stereocenters. The third kappa shape index (κ3) is 4.20. The van der Waals surface area contributed by atoms with E-state index in [-0.39, 0.29) is 0 Å². The molecule has 1 saturated heterocycles. The van der Waals surface area contributed by atoms with E-state index in [2.05, 4.69) is 52.1 Å². The molecule has 0 aromatic carbocycles. The van der Waals surface area contributed by atoms with Crippen LogP contribution >= 0.6 is 0 Å². The first-order valence-electron chi connectivity index (χ1n) is 9.40. The van der Waals surface area contributed by atoms with Crippen LogP contribution in [0.5, 0.6) is 0 Å². The minimum atomic E-state index is 0.500. The predicted octanol–water partition coefficient (Wildman–Crippen LogP) is 1.78. The van der Waals surface area contributed by atoms with Crippen LogP contribution in [0.1, 0.15) is 12.7 Å². The Kier molecular flexibility index (Phi) is 5.34. The molecule has 144 valence electrons. The molecule has 1 fully saturated rings. The van der Waals surface area contributed by atoms with Crippen LogP contribution in [0.2, 0.25) is 0 Å². The Balaban J connectivity index is 1.58. The van der Waals surface area contributed by atoms with Crippen molar-refractivity contribution in [3.8, 4) is 11.4 Å². The molecule has 0 spiro atoms. The van der Waals surface area contributed by atoms with E-state index in [1.54, 1.807) is 24.7 Å². The van der Waals surface area contributed by atoms with Gasteiger partial charge in [-0.05, 0) is 25.2 Å². The summed E-state index contributed by atoms with van der Waals surface area (Å²) in [6.07, 6.45) is 5.90. The average Bonchev–Trinajstić information content (AvgIpc) is 2.75. The smallest absolute Gasteiger partial charge is 0.233 e. The summed E-state index contributed by atoms with van der Waals surface area (Å²) in [4.78, 5) is 31.2. The van der Waals surface area contributed by atoms with E-state index in [9.17, 15) is 0 Å². The van der Waals surface area contributed by atoms with Crippen molar-refractivity contribution < 1.29 is 0 Å². The summed E-state index contributed by atoms with van der Waals surface area (Å²) in [6.45, 7) is 5.85. The second-order valence-electron chi connectivity index (χ2n) is 6.65. The van der Waals surface area contributed by atoms with E-state index in [1.807, 2.05) is 19.1 Å². The largest absolute Gasteiger partial charge is 0.338 e. The zero-order valence-electron chi connectivity index (χ0n) is 16.1. The lowest BCUT2D eigenvalue weighted by atomic mass is 10.2. The highest BCUT2D eigenvalue weighted by atomic mass is 15.3. The molecule has 1 aliphatic rings. The van der Waals surface area contributed by atoms with Crippen molar-refractivity contribution in [2.24, 2.45) is 0 Å². The number of pyridine rings is 1. The van der Waals surface area contributed by atoms with Gasteiger partial charge >= 0.3 is 0 Å². The Morgan fingerprint density at radius 1 is 0.929 bits per heavy atom. The van der Waals surface area contributed by atoms with E-state index in [0.29, 0.717) is 23.5 Å². The van der Waals surface area contributed by atoms with E-state index >= 15 is 0 Å². The summed E-state index contributed by atoms with van der Waals surface area (Å²) in [5, 5.41) is 3.21. The maximum absolute atomic E-state index is 4.63. The molecule has 1 N–H and O–H groups in total. The number of nitrogens with one attached hydrogen (secondary N) is 1. The summed E-state index contributed by atoms with van der Waals surface area (Å²) >= 11 is 0. The summed E-state index contributed by atoms with van der Waals surface area (Å²) in [5.74, 6) is 3.23. The summed E-state index contributed by atoms with van der Waals surface area (Å²) < 4.78 is 0. The normalized spacial score (nSPS) is 14.9. The number of rotatable bonds is 5. The molecule has 0 radical (unpaired) electrons. The maximum atomic E-state index is 4.63. The third-order valence-electron chi connectivity index (χ3n) is 4.61. The molecule has 3 aromatic rings. The van der Waals surface area contributed by atoms with Crippen molar-refractivity contribution in [3.05, 3.63) is 42.6 Å². The maximum Gasteiger partial charge on any atom is 0.233 e. The lowest BCUT2D eigenvalue weighted by Crippen LogP contribution is -2.45. The molecule has 0 amide bonds. The van der Waals surface area contributed by atoms with Gasteiger partial charge < -0.3 is 15.1 Å². The van der Waals surface area contributed by atoms with Crippen LogP contribution in [0.25, 0.3) is 11.4 Å². The van der Waals surface area contributed by atoms with Crippen molar-refractivity contribution >= 4 is 17.7 Å². The molecule has 28 heavy (non-hydrogen) atoms. The number of hydrogen-bond donors (Lipinski definition) is 1. The molecule has 4 rings (SSSR count). The molecule has 0 unspecified atom stereocenters. The molecule has 0 saturated carbocycles. The molecule has 4 heterocycles. The lowest BCUT2D eigenvalue weighted by molar-refractivity contribution is 0.311. The quantitative estimate of drug-likeness (QED) is 0.713. The molecule has 3 aromatic heterocycles. The van der Waals surface area contributed by atoms with Crippen molar-refractivity contribution in [2.45, 2.75) is 13.3 Å². The molecule has 0 aliphatic carbocycles. The fraction of sp³-hybridized carbons (Fsp3) is 0.368. The first-order chi connectivity index (χ1) is 13.7. The van der Waals surface area contributed by atoms with Crippen LogP contribution in [-0.4, -0.2) is 68.0 Å². The van der Waals surface area contributed by atoms with E-state index in [4.69, 9.17) is 0 Å². The third-order valence-corrected chi connectivity index (χ3v) is 4.61. The number of anilines is 3. The first kappa shape index (κ1) is 18.2. The lowest BCUT2D eigenvalue weighted by Gasteiger charge is -2.32. The number of hydrogen-bond acceptors (Lipinski definition) is 9. The fourth-order valence-electron chi connectivity index (χ4n) is 2.95. The van der Waals surface area contributed by atoms with Gasteiger partial charge in [-0.15, -0.1) is 0 Å². The van der Waals surface area contributed by atoms with Gasteiger partial charge in [0.05, 0.1) is 0 Å². The van der Waals surface area contributed by atoms with Gasteiger partial charge in [0.1, 0.15) is 11.6 Å². The van der Waals surface area contributed by atoms with Crippen LogP contribution in [0.3, 0.4) is 0 Å². The fourth-order valence-corrected chi connectivity index (χ4v) is 2.95. The number of piperazine rings is 1. The molecule has 0 bridgehead atoms. The van der Waals surface area contributed by atoms with Crippen molar-refractivity contribution in [1.82, 2.24) is 34.8 Å². The van der Waals surface area contributed by atoms with Gasteiger partial charge in [0.15, 0.2) is 5.82 Å². The van der Waals surface area contributed by atoms with Gasteiger partial charge in [0.25, 0.3) is 0 Å². The predicted molar refractivity (Wildman–Crippen MR) is 107 cm³/mol. The van der Waals surface area contributed by atoms with Crippen LogP contribution in [0, 0.1) is 0 Å². The highest BCUT2D eigenvalue weighted by molar-refractivity contribution is 5.58. The van der Waals surface area contributed by atoms with Gasteiger partial charge in [0.2, 0.25) is 11.9 Å². The van der Waals surface area contributed by atoms with Gasteiger partial charge in [-0.3, -0.25) is 4.98 Å². The highest BCUT2D eigenvalue weighted by Gasteiger charge is 2.18. The zero-order chi connectivity index (χ0) is 19.3. The minimum Gasteiger partial charge on any atom is -0.338 e. The van der Waals surface area contributed by atoms with Gasteiger partial charge in [-0.2, -0.15) is 15.0 Å². The number of nitrogens with zero attached hydrogens (tertiary/aromatic N) is 8. The summed E-state index contributed by atoms with van der Waals surface area (Å²) in [7, 11) is 2.13. The standard InChI is InChI=1S/C19H23N9/c1-3-15-23-18(26-19(25-15)28-12-10-27(2)11-13-28)24-16-6-9-21-17(22-16)14-4-7-20-8-5-14/h4-9H,3,10-13H2,1-2H3,(H,21,22,23,24,25,26). The van der Waals surface area contributed by atoms with Crippen molar-refractivity contribution in [3.63, 3.8) is 0 Å². The van der Waals surface area contributed by atoms with Gasteiger partial charge in [0, 0.05) is 56.8 Å². The van der Waals surface area contributed by atoms with Crippen LogP contribution < -0.4 is 10.2 Å². The number of likely N-dealkylation sites (N-methyl/N-ethyl adjacent to an activating group) is 1. The van der Waals surface area contributed by atoms with Crippen molar-refractivity contribution in [1.29, 1.82) is 0 Å². The topological polar surface area (TPSA) is 95.8 Å². The summed E-state index contributed by atoms with van der Waals surface area (Å²) in [5.41, 5.74) is 0.904. The average molecular weight is 377 g/mol. The molecular formula is C19H23N9. The Labute approximate surface area is 163 Å². The van der Waals surface area contributed by atoms with Crippen LogP contribution in [0.4, 0.5) is 17.7 Å². The van der Waals surface area contributed by atoms with Gasteiger partial charge in [-0.25, -0.2) is 9.97 Å². The Hall–Kier alpha value is -3.20. The SMILES string of the molecule is CCc1nc(Nc2ccnc(-c3ccncc3)n2)nc(N2CCN(C)CC2)n1. The van der Waals surface area contributed by atoms with Crippen LogP contribution in [0.15, 0.2) is 36.8 Å². The second kappa shape index (κ2) is 8.22. The van der Waals surface area contributed by atoms with E-state index in [0.717, 1.165) is 44.0 Å². The van der Waals surface area contributed by atoms with Crippen molar-refractivity contribution in [2.75, 3.05) is 43.4 Å². The van der Waals surface area contributed by atoms with E-state index < -0.39 is 0 Å². The molecular weight excluding hydrogens is 354 g/mol. The van der Waals surface area contributed by atoms with Crippen LogP contribution in [-0.2, 0) is 6.42 Å². The van der Waals surface area contributed by atoms with Gasteiger partial charge in [-0.1, -0.05) is 6.92 Å². The highest BCUT2D eigenvalue weighted by Crippen LogP contribution is 2.19. The summed E-state index contributed by atoms with van der Waals surface area (Å²) in [6, 6.07) is 5.56. The minimum absolute atomic E-state index is 0.500. The molecule has 9 nitrogen and oxygen atoms in total. The number of aryl methyl sites for hydroxylation is 1.